The van der Waals surface area contributed by atoms with Gasteiger partial charge in [0.25, 0.3) is 0 Å². The average Bonchev–Trinajstić information content (AvgIpc) is 2.42. The van der Waals surface area contributed by atoms with Gasteiger partial charge >= 0.3 is 12.1 Å². The number of carbonyl (C=O) groups is 2. The van der Waals surface area contributed by atoms with Crippen LogP contribution >= 0.6 is 0 Å². The van der Waals surface area contributed by atoms with Crippen molar-refractivity contribution in [2.24, 2.45) is 0 Å². The van der Waals surface area contributed by atoms with Crippen LogP contribution in [0, 0.1) is 0 Å². The molecule has 0 radical (unpaired) electrons. The average molecular weight is 321 g/mol. The number of nitrogens with one attached hydrogen (secondary N) is 1. The van der Waals surface area contributed by atoms with E-state index in [0.29, 0.717) is 13.2 Å². The molecule has 0 aliphatic rings. The number of methoxy groups -OCH3 is 1. The van der Waals surface area contributed by atoms with Crippen LogP contribution in [0.15, 0.2) is 0 Å². The van der Waals surface area contributed by atoms with Crippen molar-refractivity contribution in [2.75, 3.05) is 33.5 Å². The summed E-state index contributed by atoms with van der Waals surface area (Å²) in [6.45, 7) is 9.60. The summed E-state index contributed by atoms with van der Waals surface area (Å²) < 4.78 is 20.1. The molecule has 0 heterocycles. The molecule has 1 atom stereocenters. The first-order valence-electron chi connectivity index (χ1n) is 7.05. The maximum atomic E-state index is 11.8. The molecule has 0 aliphatic heterocycles. The van der Waals surface area contributed by atoms with Gasteiger partial charge in [0.1, 0.15) is 5.60 Å². The summed E-state index contributed by atoms with van der Waals surface area (Å²) in [5, 5.41) is 0. The standard InChI is InChI=1S/C14H27NO7/c1-7-19-8-9-20-10-14(5,11(16)18-6)22-15-12(17)21-13(2,3)4/h7-10H2,1-6H3,(H,15,17). The van der Waals surface area contributed by atoms with Crippen LogP contribution in [0.25, 0.3) is 0 Å². The van der Waals surface area contributed by atoms with Crippen LogP contribution in [0.4, 0.5) is 4.79 Å². The van der Waals surface area contributed by atoms with Crippen LogP contribution in [-0.2, 0) is 28.6 Å². The molecule has 8 heteroatoms. The van der Waals surface area contributed by atoms with E-state index >= 15 is 0 Å². The lowest BCUT2D eigenvalue weighted by Crippen LogP contribution is -2.49. The van der Waals surface area contributed by atoms with Crippen molar-refractivity contribution in [3.63, 3.8) is 0 Å². The normalized spacial score (nSPS) is 14.1. The third kappa shape index (κ3) is 8.81. The van der Waals surface area contributed by atoms with Crippen LogP contribution in [0.2, 0.25) is 0 Å². The first kappa shape index (κ1) is 20.6. The van der Waals surface area contributed by atoms with Gasteiger partial charge in [-0.25, -0.2) is 9.59 Å². The van der Waals surface area contributed by atoms with Crippen molar-refractivity contribution in [1.29, 1.82) is 0 Å². The number of hydrogen-bond donors (Lipinski definition) is 1. The Morgan fingerprint density at radius 1 is 1.05 bits per heavy atom. The zero-order valence-corrected chi connectivity index (χ0v) is 14.2. The number of esters is 1. The van der Waals surface area contributed by atoms with Gasteiger partial charge in [-0.1, -0.05) is 0 Å². The van der Waals surface area contributed by atoms with E-state index in [1.807, 2.05) is 6.92 Å². The van der Waals surface area contributed by atoms with Crippen molar-refractivity contribution in [3.05, 3.63) is 0 Å². The Morgan fingerprint density at radius 3 is 2.14 bits per heavy atom. The first-order valence-corrected chi connectivity index (χ1v) is 7.05. The van der Waals surface area contributed by atoms with Crippen molar-refractivity contribution in [2.45, 2.75) is 45.8 Å². The van der Waals surface area contributed by atoms with Gasteiger partial charge in [-0.15, -0.1) is 0 Å². The van der Waals surface area contributed by atoms with E-state index in [1.165, 1.54) is 14.0 Å². The molecule has 0 spiro atoms. The highest BCUT2D eigenvalue weighted by Crippen LogP contribution is 2.13. The van der Waals surface area contributed by atoms with Crippen LogP contribution in [0.3, 0.4) is 0 Å². The summed E-state index contributed by atoms with van der Waals surface area (Å²) in [7, 11) is 1.22. The molecule has 0 saturated heterocycles. The Morgan fingerprint density at radius 2 is 1.64 bits per heavy atom. The molecule has 8 nitrogen and oxygen atoms in total. The smallest absolute Gasteiger partial charge is 0.431 e. The van der Waals surface area contributed by atoms with Crippen LogP contribution in [-0.4, -0.2) is 56.8 Å². The maximum Gasteiger partial charge on any atom is 0.431 e. The maximum absolute atomic E-state index is 11.8. The quantitative estimate of drug-likeness (QED) is 0.390. The minimum atomic E-state index is -1.49. The lowest BCUT2D eigenvalue weighted by molar-refractivity contribution is -0.186. The van der Waals surface area contributed by atoms with Gasteiger partial charge in [0, 0.05) is 6.61 Å². The third-order valence-corrected chi connectivity index (χ3v) is 2.33. The Bertz CT molecular complexity index is 354. The summed E-state index contributed by atoms with van der Waals surface area (Å²) in [5.41, 5.74) is -0.0918. The highest BCUT2D eigenvalue weighted by molar-refractivity contribution is 5.79. The summed E-state index contributed by atoms with van der Waals surface area (Å²) in [6.07, 6.45) is -0.808. The van der Waals surface area contributed by atoms with Gasteiger partial charge in [0.15, 0.2) is 0 Å². The first-order chi connectivity index (χ1) is 10.1. The van der Waals surface area contributed by atoms with E-state index in [-0.39, 0.29) is 13.2 Å². The third-order valence-electron chi connectivity index (χ3n) is 2.33. The highest BCUT2D eigenvalue weighted by Gasteiger charge is 2.38. The number of amides is 1. The SMILES string of the molecule is CCOCCOCC(C)(ONC(=O)OC(C)(C)C)C(=O)OC. The molecule has 0 aromatic heterocycles. The van der Waals surface area contributed by atoms with Crippen molar-refractivity contribution < 1.29 is 33.4 Å². The minimum absolute atomic E-state index is 0.109. The van der Waals surface area contributed by atoms with Gasteiger partial charge in [0.2, 0.25) is 5.60 Å². The summed E-state index contributed by atoms with van der Waals surface area (Å²) >= 11 is 0. The molecule has 130 valence electrons. The fourth-order valence-electron chi connectivity index (χ4n) is 1.33. The summed E-state index contributed by atoms with van der Waals surface area (Å²) in [4.78, 5) is 28.5. The Balaban J connectivity index is 4.43. The second-order valence-electron chi connectivity index (χ2n) is 5.68. The molecule has 0 saturated carbocycles. The highest BCUT2D eigenvalue weighted by atomic mass is 16.7. The molecule has 22 heavy (non-hydrogen) atoms. The lowest BCUT2D eigenvalue weighted by Gasteiger charge is -2.27. The van der Waals surface area contributed by atoms with Crippen LogP contribution < -0.4 is 5.48 Å². The molecule has 0 fully saturated rings. The predicted octanol–water partition coefficient (Wildman–Crippen LogP) is 1.43. The predicted molar refractivity (Wildman–Crippen MR) is 78.2 cm³/mol. The largest absolute Gasteiger partial charge is 0.467 e. The molecule has 0 aliphatic carbocycles. The monoisotopic (exact) mass is 321 g/mol. The molecular weight excluding hydrogens is 294 g/mol. The van der Waals surface area contributed by atoms with Crippen molar-refractivity contribution >= 4 is 12.1 Å². The topological polar surface area (TPSA) is 92.3 Å². The van der Waals surface area contributed by atoms with Crippen LogP contribution in [0.5, 0.6) is 0 Å². The lowest BCUT2D eigenvalue weighted by atomic mass is 10.1. The number of hydrogen-bond acceptors (Lipinski definition) is 7. The molecule has 0 aromatic carbocycles. The van der Waals surface area contributed by atoms with Crippen molar-refractivity contribution in [3.8, 4) is 0 Å². The van der Waals surface area contributed by atoms with E-state index in [0.717, 1.165) is 0 Å². The summed E-state index contributed by atoms with van der Waals surface area (Å²) in [5.74, 6) is -0.681. The van der Waals surface area contributed by atoms with Gasteiger partial charge in [-0.2, -0.15) is 5.48 Å². The second kappa shape index (κ2) is 9.60. The fraction of sp³-hybridized carbons (Fsp3) is 0.857. The Hall–Kier alpha value is -1.38. The number of hydroxylamine groups is 1. The molecule has 1 amide bonds. The van der Waals surface area contributed by atoms with Crippen molar-refractivity contribution in [1.82, 2.24) is 5.48 Å². The number of carbonyl (C=O) groups excluding carboxylic acids is 2. The van der Waals surface area contributed by atoms with Gasteiger partial charge in [0.05, 0.1) is 26.9 Å². The van der Waals surface area contributed by atoms with Gasteiger partial charge < -0.3 is 18.9 Å². The molecule has 1 unspecified atom stereocenters. The summed E-state index contributed by atoms with van der Waals surface area (Å²) in [6, 6.07) is 0. The molecule has 0 bridgehead atoms. The molecular formula is C14H27NO7. The van der Waals surface area contributed by atoms with Gasteiger partial charge in [-0.05, 0) is 34.6 Å². The van der Waals surface area contributed by atoms with E-state index in [2.05, 4.69) is 10.2 Å². The number of rotatable bonds is 9. The Labute approximate surface area is 131 Å². The van der Waals surface area contributed by atoms with Crippen LogP contribution in [0.1, 0.15) is 34.6 Å². The zero-order valence-electron chi connectivity index (χ0n) is 14.2. The van der Waals surface area contributed by atoms with E-state index in [1.54, 1.807) is 20.8 Å². The Kier molecular flexibility index (Phi) is 9.00. The minimum Gasteiger partial charge on any atom is -0.467 e. The molecule has 0 rings (SSSR count). The molecule has 1 N–H and O–H groups in total. The molecule has 0 aromatic rings. The number of ether oxygens (including phenoxy) is 4. The van der Waals surface area contributed by atoms with E-state index < -0.39 is 23.3 Å². The van der Waals surface area contributed by atoms with Gasteiger partial charge in [-0.3, -0.25) is 4.84 Å². The van der Waals surface area contributed by atoms with E-state index in [9.17, 15) is 9.59 Å². The fourth-order valence-corrected chi connectivity index (χ4v) is 1.33. The zero-order chi connectivity index (χ0) is 17.2. The second-order valence-corrected chi connectivity index (χ2v) is 5.68. The van der Waals surface area contributed by atoms with E-state index in [4.69, 9.17) is 19.0 Å².